The minimum absolute atomic E-state index is 0.300. The highest BCUT2D eigenvalue weighted by Crippen LogP contribution is 2.20. The van der Waals surface area contributed by atoms with Crippen LogP contribution in [-0.4, -0.2) is 39.4 Å². The van der Waals surface area contributed by atoms with E-state index in [4.69, 9.17) is 4.74 Å². The van der Waals surface area contributed by atoms with Crippen molar-refractivity contribution in [2.75, 3.05) is 38.2 Å². The van der Waals surface area contributed by atoms with Crippen LogP contribution in [-0.2, 0) is 4.74 Å². The standard InChI is InChI=1S/C14H22N2O/c1-11-4-5-12(2)14(8-11)16(3)10-13-9-15-6-7-17-13/h4-5,8,13,15H,6-7,9-10H2,1-3H3. The summed E-state index contributed by atoms with van der Waals surface area (Å²) in [6.45, 7) is 7.99. The van der Waals surface area contributed by atoms with Crippen LogP contribution in [0.5, 0.6) is 0 Å². The molecule has 0 aliphatic carbocycles. The molecule has 1 aromatic carbocycles. The van der Waals surface area contributed by atoms with Crippen molar-refractivity contribution in [3.05, 3.63) is 29.3 Å². The Morgan fingerprint density at radius 3 is 2.94 bits per heavy atom. The van der Waals surface area contributed by atoms with Gasteiger partial charge in [0, 0.05) is 32.4 Å². The van der Waals surface area contributed by atoms with Gasteiger partial charge in [-0.3, -0.25) is 0 Å². The maximum atomic E-state index is 5.74. The van der Waals surface area contributed by atoms with Crippen molar-refractivity contribution in [3.8, 4) is 0 Å². The van der Waals surface area contributed by atoms with Gasteiger partial charge in [0.05, 0.1) is 12.7 Å². The van der Waals surface area contributed by atoms with E-state index in [2.05, 4.69) is 49.3 Å². The zero-order valence-corrected chi connectivity index (χ0v) is 11.0. The lowest BCUT2D eigenvalue weighted by molar-refractivity contribution is 0.0340. The molecule has 1 unspecified atom stereocenters. The summed E-state index contributed by atoms with van der Waals surface area (Å²) in [7, 11) is 2.14. The first-order valence-corrected chi connectivity index (χ1v) is 6.27. The average Bonchev–Trinajstić information content (AvgIpc) is 2.33. The lowest BCUT2D eigenvalue weighted by Crippen LogP contribution is -2.44. The summed E-state index contributed by atoms with van der Waals surface area (Å²) in [5, 5.41) is 3.37. The Labute approximate surface area is 104 Å². The molecule has 3 nitrogen and oxygen atoms in total. The predicted molar refractivity (Wildman–Crippen MR) is 71.8 cm³/mol. The number of ether oxygens (including phenoxy) is 1. The number of hydrogen-bond donors (Lipinski definition) is 1. The van der Waals surface area contributed by atoms with E-state index in [1.54, 1.807) is 0 Å². The molecule has 1 aliphatic heterocycles. The molecule has 1 heterocycles. The number of rotatable bonds is 3. The van der Waals surface area contributed by atoms with Crippen LogP contribution in [0.1, 0.15) is 11.1 Å². The van der Waals surface area contributed by atoms with Crippen LogP contribution in [0.4, 0.5) is 5.69 Å². The number of likely N-dealkylation sites (N-methyl/N-ethyl adjacent to an activating group) is 1. The lowest BCUT2D eigenvalue weighted by atomic mass is 10.1. The minimum atomic E-state index is 0.300. The summed E-state index contributed by atoms with van der Waals surface area (Å²) in [5.74, 6) is 0. The second kappa shape index (κ2) is 5.52. The summed E-state index contributed by atoms with van der Waals surface area (Å²) in [6.07, 6.45) is 0.300. The van der Waals surface area contributed by atoms with Gasteiger partial charge in [-0.25, -0.2) is 0 Å². The number of morpholine rings is 1. The van der Waals surface area contributed by atoms with Gasteiger partial charge in [-0.2, -0.15) is 0 Å². The first-order chi connectivity index (χ1) is 8.16. The zero-order valence-electron chi connectivity index (χ0n) is 11.0. The number of aryl methyl sites for hydroxylation is 2. The third-order valence-corrected chi connectivity index (χ3v) is 3.26. The Bertz CT molecular complexity index is 372. The van der Waals surface area contributed by atoms with E-state index in [1.807, 2.05) is 0 Å². The minimum Gasteiger partial charge on any atom is -0.374 e. The molecule has 3 heteroatoms. The Morgan fingerprint density at radius 2 is 2.24 bits per heavy atom. The van der Waals surface area contributed by atoms with E-state index in [-0.39, 0.29) is 0 Å². The first kappa shape index (κ1) is 12.4. The summed E-state index contributed by atoms with van der Waals surface area (Å²) in [5.41, 5.74) is 3.93. The van der Waals surface area contributed by atoms with Crippen molar-refractivity contribution in [2.24, 2.45) is 0 Å². The summed E-state index contributed by atoms with van der Waals surface area (Å²) in [6, 6.07) is 6.58. The highest BCUT2D eigenvalue weighted by molar-refractivity contribution is 5.54. The summed E-state index contributed by atoms with van der Waals surface area (Å²) >= 11 is 0. The van der Waals surface area contributed by atoms with Crippen molar-refractivity contribution < 1.29 is 4.74 Å². The number of anilines is 1. The van der Waals surface area contributed by atoms with Gasteiger partial charge in [0.15, 0.2) is 0 Å². The number of hydrogen-bond acceptors (Lipinski definition) is 3. The van der Waals surface area contributed by atoms with Crippen LogP contribution >= 0.6 is 0 Å². The quantitative estimate of drug-likeness (QED) is 0.862. The molecule has 0 aromatic heterocycles. The Morgan fingerprint density at radius 1 is 1.41 bits per heavy atom. The van der Waals surface area contributed by atoms with E-state index in [1.165, 1.54) is 16.8 Å². The largest absolute Gasteiger partial charge is 0.374 e. The Balaban J connectivity index is 2.02. The molecular weight excluding hydrogens is 212 g/mol. The fourth-order valence-corrected chi connectivity index (χ4v) is 2.27. The lowest BCUT2D eigenvalue weighted by Gasteiger charge is -2.30. The van der Waals surface area contributed by atoms with Crippen molar-refractivity contribution in [2.45, 2.75) is 20.0 Å². The monoisotopic (exact) mass is 234 g/mol. The third-order valence-electron chi connectivity index (χ3n) is 3.26. The first-order valence-electron chi connectivity index (χ1n) is 6.27. The molecule has 1 atom stereocenters. The zero-order chi connectivity index (χ0) is 12.3. The molecule has 1 saturated heterocycles. The van der Waals surface area contributed by atoms with Crippen LogP contribution in [0.3, 0.4) is 0 Å². The van der Waals surface area contributed by atoms with Crippen LogP contribution in [0.25, 0.3) is 0 Å². The van der Waals surface area contributed by atoms with Gasteiger partial charge in [0.1, 0.15) is 0 Å². The second-order valence-corrected chi connectivity index (χ2v) is 4.87. The fraction of sp³-hybridized carbons (Fsp3) is 0.571. The molecule has 1 N–H and O–H groups in total. The molecular formula is C14H22N2O. The molecule has 0 bridgehead atoms. The summed E-state index contributed by atoms with van der Waals surface area (Å²) in [4.78, 5) is 2.29. The van der Waals surface area contributed by atoms with Crippen LogP contribution in [0.2, 0.25) is 0 Å². The smallest absolute Gasteiger partial charge is 0.0874 e. The van der Waals surface area contributed by atoms with Gasteiger partial charge in [-0.15, -0.1) is 0 Å². The number of benzene rings is 1. The van der Waals surface area contributed by atoms with E-state index in [0.29, 0.717) is 6.10 Å². The molecule has 17 heavy (non-hydrogen) atoms. The SMILES string of the molecule is Cc1ccc(C)c(N(C)CC2CNCCO2)c1. The Hall–Kier alpha value is -1.06. The molecule has 0 saturated carbocycles. The highest BCUT2D eigenvalue weighted by Gasteiger charge is 2.16. The number of nitrogens with zero attached hydrogens (tertiary/aromatic N) is 1. The van der Waals surface area contributed by atoms with Crippen LogP contribution in [0, 0.1) is 13.8 Å². The Kier molecular flexibility index (Phi) is 4.02. The molecule has 0 radical (unpaired) electrons. The van der Waals surface area contributed by atoms with E-state index in [9.17, 15) is 0 Å². The molecule has 2 rings (SSSR count). The molecule has 1 aliphatic rings. The fourth-order valence-electron chi connectivity index (χ4n) is 2.27. The van der Waals surface area contributed by atoms with Gasteiger partial charge in [0.2, 0.25) is 0 Å². The maximum Gasteiger partial charge on any atom is 0.0874 e. The summed E-state index contributed by atoms with van der Waals surface area (Å²) < 4.78 is 5.74. The number of nitrogens with one attached hydrogen (secondary N) is 1. The molecule has 0 amide bonds. The molecule has 1 aromatic rings. The van der Waals surface area contributed by atoms with Crippen molar-refractivity contribution in [3.63, 3.8) is 0 Å². The van der Waals surface area contributed by atoms with Gasteiger partial charge < -0.3 is 15.0 Å². The maximum absolute atomic E-state index is 5.74. The van der Waals surface area contributed by atoms with E-state index in [0.717, 1.165) is 26.2 Å². The average molecular weight is 234 g/mol. The van der Waals surface area contributed by atoms with Gasteiger partial charge in [-0.1, -0.05) is 12.1 Å². The van der Waals surface area contributed by atoms with Crippen molar-refractivity contribution in [1.29, 1.82) is 0 Å². The normalized spacial score (nSPS) is 20.3. The predicted octanol–water partition coefficient (Wildman–Crippen LogP) is 1.73. The van der Waals surface area contributed by atoms with Crippen molar-refractivity contribution in [1.82, 2.24) is 5.32 Å². The topological polar surface area (TPSA) is 24.5 Å². The van der Waals surface area contributed by atoms with Gasteiger partial charge in [-0.05, 0) is 31.0 Å². The highest BCUT2D eigenvalue weighted by atomic mass is 16.5. The van der Waals surface area contributed by atoms with Gasteiger partial charge >= 0.3 is 0 Å². The molecule has 0 spiro atoms. The van der Waals surface area contributed by atoms with Gasteiger partial charge in [0.25, 0.3) is 0 Å². The van der Waals surface area contributed by atoms with E-state index < -0.39 is 0 Å². The second-order valence-electron chi connectivity index (χ2n) is 4.87. The molecule has 1 fully saturated rings. The van der Waals surface area contributed by atoms with E-state index >= 15 is 0 Å². The third kappa shape index (κ3) is 3.20. The van der Waals surface area contributed by atoms with Crippen LogP contribution < -0.4 is 10.2 Å². The van der Waals surface area contributed by atoms with Crippen molar-refractivity contribution >= 4 is 5.69 Å². The molecule has 94 valence electrons. The van der Waals surface area contributed by atoms with Crippen LogP contribution in [0.15, 0.2) is 18.2 Å².